The highest BCUT2D eigenvalue weighted by Crippen LogP contribution is 2.16. The lowest BCUT2D eigenvalue weighted by molar-refractivity contribution is 0.718. The number of benzene rings is 1. The Labute approximate surface area is 110 Å². The number of rotatable bonds is 4. The molecule has 1 aromatic carbocycles. The highest BCUT2D eigenvalue weighted by atomic mass is 79.9. The van der Waals surface area contributed by atoms with E-state index >= 15 is 0 Å². The van der Waals surface area contributed by atoms with Gasteiger partial charge in [-0.25, -0.2) is 0 Å². The Hall–Kier alpha value is -0.480. The van der Waals surface area contributed by atoms with Crippen LogP contribution in [0.2, 0.25) is 0 Å². The van der Waals surface area contributed by atoms with Crippen LogP contribution in [-0.2, 0) is 5.75 Å². The van der Waals surface area contributed by atoms with Crippen molar-refractivity contribution in [2.24, 2.45) is 10.7 Å². The fraction of sp³-hybridized carbons (Fsp3) is 0.417. The molecule has 0 heterocycles. The molecule has 88 valence electrons. The molecule has 0 saturated heterocycles. The van der Waals surface area contributed by atoms with E-state index in [4.69, 9.17) is 5.73 Å². The van der Waals surface area contributed by atoms with Crippen molar-refractivity contribution < 1.29 is 0 Å². The second-order valence-corrected chi connectivity index (χ2v) is 5.55. The molecule has 0 aliphatic carbocycles. The first-order valence-electron chi connectivity index (χ1n) is 5.32. The number of hydrogen-bond donors (Lipinski definition) is 1. The molecular weight excluding hydrogens is 284 g/mol. The van der Waals surface area contributed by atoms with Gasteiger partial charge in [0.2, 0.25) is 0 Å². The number of thioether (sulfide) groups is 1. The largest absolute Gasteiger partial charge is 0.379 e. The zero-order valence-corrected chi connectivity index (χ0v) is 12.0. The summed E-state index contributed by atoms with van der Waals surface area (Å²) < 4.78 is 1.10. The van der Waals surface area contributed by atoms with E-state index in [1.54, 1.807) is 11.8 Å². The van der Waals surface area contributed by atoms with Crippen LogP contribution >= 0.6 is 27.7 Å². The minimum Gasteiger partial charge on any atom is -0.379 e. The van der Waals surface area contributed by atoms with Gasteiger partial charge in [-0.1, -0.05) is 46.7 Å². The second-order valence-electron chi connectivity index (χ2n) is 3.64. The Balaban J connectivity index is 2.45. The standard InChI is InChI=1S/C12H17BrN2S/c1-3-9(2)15-12(14)16-8-10-4-6-11(13)7-5-10/h4-7,9H,3,8H2,1-2H3,(H2,14,15)/t9-/m0/s1. The number of nitrogens with two attached hydrogens (primary N) is 1. The molecule has 1 aromatic rings. The number of amidine groups is 1. The monoisotopic (exact) mass is 300 g/mol. The summed E-state index contributed by atoms with van der Waals surface area (Å²) in [5.74, 6) is 0.874. The van der Waals surface area contributed by atoms with Gasteiger partial charge in [-0.05, 0) is 31.0 Å². The van der Waals surface area contributed by atoms with E-state index in [2.05, 4.69) is 46.9 Å². The number of hydrogen-bond acceptors (Lipinski definition) is 2. The van der Waals surface area contributed by atoms with Crippen molar-refractivity contribution in [2.75, 3.05) is 0 Å². The SMILES string of the molecule is CC[C@H](C)N=C(N)SCc1ccc(Br)cc1. The molecule has 1 rings (SSSR count). The summed E-state index contributed by atoms with van der Waals surface area (Å²) in [6, 6.07) is 8.58. The Morgan fingerprint density at radius 2 is 2.06 bits per heavy atom. The lowest BCUT2D eigenvalue weighted by Crippen LogP contribution is -2.11. The van der Waals surface area contributed by atoms with E-state index in [0.717, 1.165) is 16.6 Å². The van der Waals surface area contributed by atoms with Gasteiger partial charge >= 0.3 is 0 Å². The molecule has 0 unspecified atom stereocenters. The molecule has 0 aliphatic rings. The summed E-state index contributed by atoms with van der Waals surface area (Å²) in [5, 5.41) is 0.678. The van der Waals surface area contributed by atoms with Crippen molar-refractivity contribution in [3.05, 3.63) is 34.3 Å². The average Bonchev–Trinajstić information content (AvgIpc) is 2.28. The summed E-state index contributed by atoms with van der Waals surface area (Å²) >= 11 is 5.00. The second kappa shape index (κ2) is 6.97. The molecular formula is C12H17BrN2S. The maximum atomic E-state index is 5.83. The molecule has 2 nitrogen and oxygen atoms in total. The zero-order valence-electron chi connectivity index (χ0n) is 9.61. The van der Waals surface area contributed by atoms with Gasteiger partial charge in [0.05, 0.1) is 0 Å². The van der Waals surface area contributed by atoms with Gasteiger partial charge in [0.15, 0.2) is 5.17 Å². The maximum absolute atomic E-state index is 5.83. The Morgan fingerprint density at radius 3 is 2.62 bits per heavy atom. The molecule has 1 atom stereocenters. The lowest BCUT2D eigenvalue weighted by atomic mass is 10.2. The number of aliphatic imine (C=N–C) groups is 1. The summed E-state index contributed by atoms with van der Waals surface area (Å²) in [6.07, 6.45) is 1.03. The van der Waals surface area contributed by atoms with Gasteiger partial charge in [-0.3, -0.25) is 4.99 Å². The quantitative estimate of drug-likeness (QED) is 0.678. The molecule has 0 bridgehead atoms. The highest BCUT2D eigenvalue weighted by Gasteiger charge is 1.99. The van der Waals surface area contributed by atoms with Gasteiger partial charge in [0, 0.05) is 16.3 Å². The molecule has 0 spiro atoms. The summed E-state index contributed by atoms with van der Waals surface area (Å²) in [4.78, 5) is 4.38. The van der Waals surface area contributed by atoms with E-state index in [1.165, 1.54) is 5.56 Å². The molecule has 0 saturated carbocycles. The van der Waals surface area contributed by atoms with Crippen LogP contribution in [-0.4, -0.2) is 11.2 Å². The Morgan fingerprint density at radius 1 is 1.44 bits per heavy atom. The van der Waals surface area contributed by atoms with Crippen molar-refractivity contribution >= 4 is 32.9 Å². The first-order valence-corrected chi connectivity index (χ1v) is 7.10. The molecule has 0 aliphatic heterocycles. The van der Waals surface area contributed by atoms with E-state index in [0.29, 0.717) is 11.2 Å². The van der Waals surface area contributed by atoms with Crippen molar-refractivity contribution in [3.8, 4) is 0 Å². The van der Waals surface area contributed by atoms with Crippen LogP contribution in [0, 0.1) is 0 Å². The highest BCUT2D eigenvalue weighted by molar-refractivity contribution is 9.10. The van der Waals surface area contributed by atoms with E-state index in [1.807, 2.05) is 12.1 Å². The summed E-state index contributed by atoms with van der Waals surface area (Å²) in [7, 11) is 0. The van der Waals surface area contributed by atoms with Crippen LogP contribution < -0.4 is 5.73 Å². The molecule has 0 fully saturated rings. The van der Waals surface area contributed by atoms with E-state index in [9.17, 15) is 0 Å². The van der Waals surface area contributed by atoms with Crippen LogP contribution in [0.4, 0.5) is 0 Å². The molecule has 16 heavy (non-hydrogen) atoms. The minimum absolute atomic E-state index is 0.317. The average molecular weight is 301 g/mol. The predicted molar refractivity (Wildman–Crippen MR) is 76.8 cm³/mol. The lowest BCUT2D eigenvalue weighted by Gasteiger charge is -2.05. The zero-order chi connectivity index (χ0) is 12.0. The van der Waals surface area contributed by atoms with Gasteiger partial charge in [-0.15, -0.1) is 0 Å². The van der Waals surface area contributed by atoms with Crippen LogP contribution in [0.15, 0.2) is 33.7 Å². The van der Waals surface area contributed by atoms with Crippen LogP contribution in [0.3, 0.4) is 0 Å². The third-order valence-corrected chi connectivity index (χ3v) is 3.65. The number of halogens is 1. The maximum Gasteiger partial charge on any atom is 0.154 e. The van der Waals surface area contributed by atoms with Crippen molar-refractivity contribution in [1.82, 2.24) is 0 Å². The molecule has 2 N–H and O–H groups in total. The summed E-state index contributed by atoms with van der Waals surface area (Å²) in [6.45, 7) is 4.19. The van der Waals surface area contributed by atoms with Gasteiger partial charge < -0.3 is 5.73 Å². The van der Waals surface area contributed by atoms with Crippen molar-refractivity contribution in [3.63, 3.8) is 0 Å². The predicted octanol–water partition coefficient (Wildman–Crippen LogP) is 3.80. The van der Waals surface area contributed by atoms with Crippen LogP contribution in [0.5, 0.6) is 0 Å². The first kappa shape index (κ1) is 13.6. The fourth-order valence-corrected chi connectivity index (χ4v) is 2.11. The van der Waals surface area contributed by atoms with E-state index in [-0.39, 0.29) is 0 Å². The number of nitrogens with zero attached hydrogens (tertiary/aromatic N) is 1. The Bertz CT molecular complexity index is 349. The molecule has 4 heteroatoms. The minimum atomic E-state index is 0.317. The normalized spacial score (nSPS) is 13.8. The smallest absolute Gasteiger partial charge is 0.154 e. The third kappa shape index (κ3) is 5.03. The Kier molecular flexibility index (Phi) is 5.91. The van der Waals surface area contributed by atoms with Gasteiger partial charge in [-0.2, -0.15) is 0 Å². The third-order valence-electron chi connectivity index (χ3n) is 2.24. The molecule has 0 amide bonds. The first-order chi connectivity index (χ1) is 7.61. The molecule has 0 radical (unpaired) electrons. The van der Waals surface area contributed by atoms with Gasteiger partial charge in [0.1, 0.15) is 0 Å². The van der Waals surface area contributed by atoms with Crippen LogP contribution in [0.1, 0.15) is 25.8 Å². The van der Waals surface area contributed by atoms with Crippen LogP contribution in [0.25, 0.3) is 0 Å². The summed E-state index contributed by atoms with van der Waals surface area (Å²) in [5.41, 5.74) is 7.09. The fourth-order valence-electron chi connectivity index (χ4n) is 1.08. The van der Waals surface area contributed by atoms with E-state index < -0.39 is 0 Å². The molecule has 0 aromatic heterocycles. The van der Waals surface area contributed by atoms with Gasteiger partial charge in [0.25, 0.3) is 0 Å². The van der Waals surface area contributed by atoms with Crippen molar-refractivity contribution in [1.29, 1.82) is 0 Å². The topological polar surface area (TPSA) is 38.4 Å². The van der Waals surface area contributed by atoms with Crippen molar-refractivity contribution in [2.45, 2.75) is 32.1 Å².